The lowest BCUT2D eigenvalue weighted by Gasteiger charge is -2.05. The van der Waals surface area contributed by atoms with Crippen LogP contribution in [-0.4, -0.2) is 23.4 Å². The average Bonchev–Trinajstić information content (AvgIpc) is 2.91. The van der Waals surface area contributed by atoms with Crippen LogP contribution < -0.4 is 5.73 Å². The maximum absolute atomic E-state index is 13.0. The van der Waals surface area contributed by atoms with Crippen LogP contribution in [0.15, 0.2) is 58.5 Å². The lowest BCUT2D eigenvalue weighted by molar-refractivity contribution is 0.590. The van der Waals surface area contributed by atoms with Gasteiger partial charge in [0.15, 0.2) is 0 Å². The van der Waals surface area contributed by atoms with Gasteiger partial charge in [-0.15, -0.1) is 5.10 Å². The first-order valence-corrected chi connectivity index (χ1v) is 8.17. The first-order chi connectivity index (χ1) is 10.9. The highest BCUT2D eigenvalue weighted by Crippen LogP contribution is 2.23. The number of nitrogen functional groups attached to an aromatic ring is 1. The molecule has 0 fully saturated rings. The first-order valence-electron chi connectivity index (χ1n) is 6.68. The third-order valence-electron chi connectivity index (χ3n) is 3.37. The van der Waals surface area contributed by atoms with Gasteiger partial charge in [0.05, 0.1) is 16.3 Å². The fourth-order valence-corrected chi connectivity index (χ4v) is 3.49. The Bertz CT molecular complexity index is 948. The Labute approximate surface area is 132 Å². The largest absolute Gasteiger partial charge is 0.399 e. The molecule has 0 bridgehead atoms. The third-order valence-corrected chi connectivity index (χ3v) is 5.15. The molecule has 0 saturated carbocycles. The minimum atomic E-state index is -3.87. The van der Waals surface area contributed by atoms with Crippen molar-refractivity contribution < 1.29 is 12.8 Å². The van der Waals surface area contributed by atoms with Crippen LogP contribution in [0.25, 0.3) is 5.69 Å². The summed E-state index contributed by atoms with van der Waals surface area (Å²) in [4.78, 5) is -0.0358. The molecule has 118 valence electrons. The molecule has 8 heteroatoms. The molecule has 3 aromatic rings. The van der Waals surface area contributed by atoms with Crippen molar-refractivity contribution in [1.82, 2.24) is 15.0 Å². The summed E-state index contributed by atoms with van der Waals surface area (Å²) < 4.78 is 39.6. The summed E-state index contributed by atoms with van der Waals surface area (Å²) >= 11 is 0. The van der Waals surface area contributed by atoms with Gasteiger partial charge in [-0.25, -0.2) is 17.5 Å². The van der Waals surface area contributed by atoms with Gasteiger partial charge in [0.2, 0.25) is 14.9 Å². The molecule has 0 aliphatic carbocycles. The van der Waals surface area contributed by atoms with E-state index in [4.69, 9.17) is 5.73 Å². The van der Waals surface area contributed by atoms with E-state index in [9.17, 15) is 12.8 Å². The standard InChI is InChI=1S/C15H13FN4O2S/c1-10-15(23(21,22)14-8-2-11(16)3-9-14)18-19-20(10)13-6-4-12(17)5-7-13/h2-9H,17H2,1H3. The Morgan fingerprint density at radius 1 is 1.04 bits per heavy atom. The van der Waals surface area contributed by atoms with Gasteiger partial charge < -0.3 is 5.73 Å². The smallest absolute Gasteiger partial charge is 0.227 e. The predicted molar refractivity (Wildman–Crippen MR) is 82.4 cm³/mol. The van der Waals surface area contributed by atoms with Crippen LogP contribution in [0.1, 0.15) is 5.69 Å². The molecule has 2 aromatic carbocycles. The first kappa shape index (κ1) is 15.2. The molecule has 0 atom stereocenters. The lowest BCUT2D eigenvalue weighted by atomic mass is 10.3. The summed E-state index contributed by atoms with van der Waals surface area (Å²) in [6, 6.07) is 11.4. The van der Waals surface area contributed by atoms with Crippen molar-refractivity contribution in [3.8, 4) is 5.69 Å². The van der Waals surface area contributed by atoms with Crippen molar-refractivity contribution in [2.75, 3.05) is 5.73 Å². The van der Waals surface area contributed by atoms with Crippen LogP contribution in [0.3, 0.4) is 0 Å². The summed E-state index contributed by atoms with van der Waals surface area (Å²) in [6.45, 7) is 1.60. The second kappa shape index (κ2) is 5.47. The molecular formula is C15H13FN4O2S. The Morgan fingerprint density at radius 3 is 2.26 bits per heavy atom. The molecule has 23 heavy (non-hydrogen) atoms. The zero-order valence-corrected chi connectivity index (χ0v) is 13.0. The van der Waals surface area contributed by atoms with Gasteiger partial charge >= 0.3 is 0 Å². The molecular weight excluding hydrogens is 319 g/mol. The van der Waals surface area contributed by atoms with Gasteiger partial charge in [0.1, 0.15) is 5.82 Å². The minimum absolute atomic E-state index is 0.0358. The van der Waals surface area contributed by atoms with Crippen molar-refractivity contribution in [3.63, 3.8) is 0 Å². The Hall–Kier alpha value is -2.74. The summed E-state index contributed by atoms with van der Waals surface area (Å²) in [7, 11) is -3.87. The topological polar surface area (TPSA) is 90.9 Å². The average molecular weight is 332 g/mol. The second-order valence-corrected chi connectivity index (χ2v) is 6.81. The molecule has 0 unspecified atom stereocenters. The summed E-state index contributed by atoms with van der Waals surface area (Å²) in [5.41, 5.74) is 7.23. The molecule has 0 radical (unpaired) electrons. The maximum atomic E-state index is 13.0. The van der Waals surface area contributed by atoms with Crippen molar-refractivity contribution >= 4 is 15.5 Å². The van der Waals surface area contributed by atoms with E-state index in [-0.39, 0.29) is 9.92 Å². The van der Waals surface area contributed by atoms with Crippen LogP contribution in [0, 0.1) is 12.7 Å². The second-order valence-electron chi connectivity index (χ2n) is 4.94. The highest BCUT2D eigenvalue weighted by Gasteiger charge is 2.25. The van der Waals surface area contributed by atoms with Gasteiger partial charge in [-0.1, -0.05) is 5.21 Å². The van der Waals surface area contributed by atoms with E-state index >= 15 is 0 Å². The number of sulfone groups is 1. The number of nitrogens with two attached hydrogens (primary N) is 1. The molecule has 1 aromatic heterocycles. The summed E-state index contributed by atoms with van der Waals surface area (Å²) in [5, 5.41) is 7.52. The number of rotatable bonds is 3. The zero-order valence-electron chi connectivity index (χ0n) is 12.1. The maximum Gasteiger partial charge on any atom is 0.227 e. The normalized spacial score (nSPS) is 11.6. The molecule has 0 amide bonds. The van der Waals surface area contributed by atoms with E-state index in [0.717, 1.165) is 12.1 Å². The number of nitrogens with zero attached hydrogens (tertiary/aromatic N) is 3. The third kappa shape index (κ3) is 2.68. The van der Waals surface area contributed by atoms with Gasteiger partial charge in [0.25, 0.3) is 0 Å². The van der Waals surface area contributed by atoms with Gasteiger partial charge in [-0.05, 0) is 55.5 Å². The van der Waals surface area contributed by atoms with Crippen molar-refractivity contribution in [2.24, 2.45) is 0 Å². The minimum Gasteiger partial charge on any atom is -0.399 e. The molecule has 2 N–H and O–H groups in total. The van der Waals surface area contributed by atoms with Gasteiger partial charge in [0, 0.05) is 5.69 Å². The van der Waals surface area contributed by atoms with E-state index in [1.54, 1.807) is 31.2 Å². The van der Waals surface area contributed by atoms with Crippen LogP contribution in [0.2, 0.25) is 0 Å². The highest BCUT2D eigenvalue weighted by molar-refractivity contribution is 7.91. The predicted octanol–water partition coefficient (Wildman–Crippen LogP) is 2.13. The highest BCUT2D eigenvalue weighted by atomic mass is 32.2. The molecule has 6 nitrogen and oxygen atoms in total. The van der Waals surface area contributed by atoms with E-state index in [1.165, 1.54) is 16.8 Å². The SMILES string of the molecule is Cc1c(S(=O)(=O)c2ccc(F)cc2)nnn1-c1ccc(N)cc1. The van der Waals surface area contributed by atoms with E-state index in [2.05, 4.69) is 10.3 Å². The lowest BCUT2D eigenvalue weighted by Crippen LogP contribution is -2.06. The number of aromatic nitrogens is 3. The molecule has 1 heterocycles. The van der Waals surface area contributed by atoms with Crippen LogP contribution in [-0.2, 0) is 9.84 Å². The Morgan fingerprint density at radius 2 is 1.65 bits per heavy atom. The Balaban J connectivity index is 2.08. The van der Waals surface area contributed by atoms with E-state index in [1.807, 2.05) is 0 Å². The zero-order chi connectivity index (χ0) is 16.6. The molecule has 0 spiro atoms. The number of halogens is 1. The number of anilines is 1. The fourth-order valence-electron chi connectivity index (χ4n) is 2.15. The molecule has 3 rings (SSSR count). The quantitative estimate of drug-likeness (QED) is 0.586. The fraction of sp³-hybridized carbons (Fsp3) is 0.0667. The monoisotopic (exact) mass is 332 g/mol. The van der Waals surface area contributed by atoms with Crippen LogP contribution in [0.4, 0.5) is 10.1 Å². The van der Waals surface area contributed by atoms with E-state index < -0.39 is 15.7 Å². The van der Waals surface area contributed by atoms with Gasteiger partial charge in [-0.2, -0.15) is 0 Å². The van der Waals surface area contributed by atoms with Crippen LogP contribution in [0.5, 0.6) is 0 Å². The number of benzene rings is 2. The number of hydrogen-bond donors (Lipinski definition) is 1. The molecule has 0 aliphatic rings. The van der Waals surface area contributed by atoms with Crippen molar-refractivity contribution in [3.05, 3.63) is 60.0 Å². The van der Waals surface area contributed by atoms with Crippen molar-refractivity contribution in [1.29, 1.82) is 0 Å². The summed E-state index contributed by atoms with van der Waals surface area (Å²) in [5.74, 6) is -0.508. The van der Waals surface area contributed by atoms with Crippen molar-refractivity contribution in [2.45, 2.75) is 16.8 Å². The molecule has 0 aliphatic heterocycles. The van der Waals surface area contributed by atoms with Gasteiger partial charge in [-0.3, -0.25) is 0 Å². The Kier molecular flexibility index (Phi) is 3.61. The summed E-state index contributed by atoms with van der Waals surface area (Å²) in [6.07, 6.45) is 0. The molecule has 0 saturated heterocycles. The number of hydrogen-bond acceptors (Lipinski definition) is 5. The van der Waals surface area contributed by atoms with Crippen LogP contribution >= 0.6 is 0 Å². The van der Waals surface area contributed by atoms with E-state index in [0.29, 0.717) is 17.1 Å².